The molecular formula is C16H24N4O5S. The molecule has 9 nitrogen and oxygen atoms in total. The van der Waals surface area contributed by atoms with Gasteiger partial charge in [0.1, 0.15) is 11.9 Å². The Morgan fingerprint density at radius 1 is 1.19 bits per heavy atom. The van der Waals surface area contributed by atoms with Crippen LogP contribution >= 0.6 is 0 Å². The van der Waals surface area contributed by atoms with Crippen molar-refractivity contribution in [3.8, 4) is 0 Å². The minimum atomic E-state index is -3.67. The number of aliphatic carboxylic acids is 1. The first-order chi connectivity index (χ1) is 12.2. The van der Waals surface area contributed by atoms with E-state index in [-0.39, 0.29) is 29.9 Å². The van der Waals surface area contributed by atoms with E-state index in [9.17, 15) is 23.1 Å². The Balaban J connectivity index is 1.65. The first-order valence-corrected chi connectivity index (χ1v) is 10.2. The number of hydrogen-bond acceptors (Lipinski definition) is 5. The van der Waals surface area contributed by atoms with E-state index < -0.39 is 22.0 Å². The molecule has 2 fully saturated rings. The van der Waals surface area contributed by atoms with Gasteiger partial charge in [0.15, 0.2) is 5.03 Å². The van der Waals surface area contributed by atoms with E-state index >= 15 is 0 Å². The summed E-state index contributed by atoms with van der Waals surface area (Å²) < 4.78 is 28.4. The van der Waals surface area contributed by atoms with Crippen LogP contribution in [-0.2, 0) is 26.7 Å². The molecule has 2 saturated heterocycles. The predicted octanol–water partition coefficient (Wildman–Crippen LogP) is 0.205. The molecule has 2 aliphatic heterocycles. The number of imidazole rings is 1. The first-order valence-electron chi connectivity index (χ1n) is 8.75. The van der Waals surface area contributed by atoms with E-state index in [4.69, 9.17) is 0 Å². The number of carbonyl (C=O) groups is 2. The van der Waals surface area contributed by atoms with Crippen molar-refractivity contribution in [1.29, 1.82) is 0 Å². The van der Waals surface area contributed by atoms with E-state index in [0.717, 1.165) is 0 Å². The summed E-state index contributed by atoms with van der Waals surface area (Å²) in [6.07, 6.45) is 3.45. The van der Waals surface area contributed by atoms with Crippen molar-refractivity contribution < 1.29 is 23.1 Å². The van der Waals surface area contributed by atoms with Gasteiger partial charge in [-0.3, -0.25) is 4.79 Å². The molecular weight excluding hydrogens is 360 g/mol. The monoisotopic (exact) mass is 384 g/mol. The van der Waals surface area contributed by atoms with Gasteiger partial charge in [0, 0.05) is 38.8 Å². The molecule has 10 heteroatoms. The molecule has 0 aliphatic carbocycles. The van der Waals surface area contributed by atoms with Crippen LogP contribution < -0.4 is 0 Å². The van der Waals surface area contributed by atoms with Crippen LogP contribution in [-0.4, -0.2) is 69.8 Å². The van der Waals surface area contributed by atoms with E-state index in [1.54, 1.807) is 18.5 Å². The summed E-state index contributed by atoms with van der Waals surface area (Å²) in [6.45, 7) is 2.67. The smallest absolute Gasteiger partial charge is 0.326 e. The molecule has 3 heterocycles. The molecule has 1 amide bonds. The van der Waals surface area contributed by atoms with Gasteiger partial charge >= 0.3 is 5.97 Å². The van der Waals surface area contributed by atoms with Gasteiger partial charge in [-0.05, 0) is 32.6 Å². The van der Waals surface area contributed by atoms with Crippen molar-refractivity contribution in [3.05, 3.63) is 12.0 Å². The molecule has 0 radical (unpaired) electrons. The zero-order valence-electron chi connectivity index (χ0n) is 15.0. The van der Waals surface area contributed by atoms with E-state index in [0.29, 0.717) is 38.1 Å². The third-order valence-corrected chi connectivity index (χ3v) is 7.09. The number of amides is 1. The summed E-state index contributed by atoms with van der Waals surface area (Å²) >= 11 is 0. The molecule has 0 saturated carbocycles. The minimum absolute atomic E-state index is 0.0211. The second kappa shape index (κ2) is 6.99. The Bertz CT molecular complexity index is 791. The van der Waals surface area contributed by atoms with Crippen LogP contribution in [0.4, 0.5) is 0 Å². The molecule has 0 bridgehead atoms. The fourth-order valence-corrected chi connectivity index (χ4v) is 5.14. The van der Waals surface area contributed by atoms with Crippen molar-refractivity contribution in [3.63, 3.8) is 0 Å². The lowest BCUT2D eigenvalue weighted by Crippen LogP contribution is -2.47. The quantitative estimate of drug-likeness (QED) is 0.794. The Labute approximate surface area is 152 Å². The number of hydrogen-bond donors (Lipinski definition) is 1. The van der Waals surface area contributed by atoms with Crippen LogP contribution in [0.3, 0.4) is 0 Å². The largest absolute Gasteiger partial charge is 0.480 e. The number of likely N-dealkylation sites (tertiary alicyclic amines) is 1. The minimum Gasteiger partial charge on any atom is -0.480 e. The maximum Gasteiger partial charge on any atom is 0.326 e. The van der Waals surface area contributed by atoms with Crippen LogP contribution in [0.15, 0.2) is 11.2 Å². The van der Waals surface area contributed by atoms with Gasteiger partial charge in [-0.25, -0.2) is 18.2 Å². The van der Waals surface area contributed by atoms with Gasteiger partial charge < -0.3 is 14.6 Å². The van der Waals surface area contributed by atoms with Gasteiger partial charge in [0.25, 0.3) is 10.0 Å². The van der Waals surface area contributed by atoms with Gasteiger partial charge in [0.2, 0.25) is 5.91 Å². The molecule has 2 aliphatic rings. The Hall–Kier alpha value is -1.94. The summed E-state index contributed by atoms with van der Waals surface area (Å²) in [7, 11) is -1.94. The second-order valence-corrected chi connectivity index (χ2v) is 8.83. The number of carboxylic acid groups (broad SMARTS) is 1. The SMILES string of the molecule is Cc1nc(S(=O)(=O)N2CCC(C(=O)N3CCC[C@H]3C(=O)O)CC2)cn1C. The molecule has 1 aromatic rings. The van der Waals surface area contributed by atoms with E-state index in [1.165, 1.54) is 15.4 Å². The summed E-state index contributed by atoms with van der Waals surface area (Å²) in [4.78, 5) is 29.5. The fraction of sp³-hybridized carbons (Fsp3) is 0.688. The molecule has 26 heavy (non-hydrogen) atoms. The molecule has 1 atom stereocenters. The Morgan fingerprint density at radius 2 is 1.85 bits per heavy atom. The van der Waals surface area contributed by atoms with Gasteiger partial charge in [-0.1, -0.05) is 0 Å². The number of carboxylic acids is 1. The van der Waals surface area contributed by atoms with Gasteiger partial charge in [0.05, 0.1) is 0 Å². The molecule has 1 N–H and O–H groups in total. The number of aryl methyl sites for hydroxylation is 2. The summed E-state index contributed by atoms with van der Waals surface area (Å²) in [5.41, 5.74) is 0. The maximum atomic E-state index is 12.7. The zero-order valence-corrected chi connectivity index (χ0v) is 15.8. The summed E-state index contributed by atoms with van der Waals surface area (Å²) in [5, 5.41) is 9.26. The van der Waals surface area contributed by atoms with Crippen LogP contribution in [0.5, 0.6) is 0 Å². The van der Waals surface area contributed by atoms with Crippen LogP contribution in [0.1, 0.15) is 31.5 Å². The number of piperidine rings is 1. The standard InChI is InChI=1S/C16H24N4O5S/c1-11-17-14(10-18(11)2)26(24,25)19-8-5-12(6-9-19)15(21)20-7-3-4-13(20)16(22)23/h10,12-13H,3-9H2,1-2H3,(H,22,23)/t13-/m0/s1. The molecule has 0 unspecified atom stereocenters. The van der Waals surface area contributed by atoms with Crippen molar-refractivity contribution in [2.45, 2.75) is 43.7 Å². The van der Waals surface area contributed by atoms with Crippen molar-refractivity contribution in [2.75, 3.05) is 19.6 Å². The predicted molar refractivity (Wildman–Crippen MR) is 91.8 cm³/mol. The third kappa shape index (κ3) is 3.35. The number of aromatic nitrogens is 2. The number of sulfonamides is 1. The number of nitrogens with zero attached hydrogens (tertiary/aromatic N) is 4. The average Bonchev–Trinajstić information content (AvgIpc) is 3.22. The number of carbonyl (C=O) groups excluding carboxylic acids is 1. The van der Waals surface area contributed by atoms with Gasteiger partial charge in [-0.15, -0.1) is 0 Å². The van der Waals surface area contributed by atoms with Crippen molar-refractivity contribution in [2.24, 2.45) is 13.0 Å². The lowest BCUT2D eigenvalue weighted by Gasteiger charge is -2.33. The van der Waals surface area contributed by atoms with Gasteiger partial charge in [-0.2, -0.15) is 4.31 Å². The highest BCUT2D eigenvalue weighted by atomic mass is 32.2. The summed E-state index contributed by atoms with van der Waals surface area (Å²) in [6, 6.07) is -0.749. The first kappa shape index (κ1) is 18.8. The molecule has 3 rings (SSSR count). The molecule has 144 valence electrons. The highest BCUT2D eigenvalue weighted by molar-refractivity contribution is 7.89. The molecule has 0 aromatic carbocycles. The van der Waals surface area contributed by atoms with E-state index in [2.05, 4.69) is 4.98 Å². The third-order valence-electron chi connectivity index (χ3n) is 5.31. The summed E-state index contributed by atoms with van der Waals surface area (Å²) in [5.74, 6) is -0.851. The molecule has 0 spiro atoms. The van der Waals surface area contributed by atoms with Crippen LogP contribution in [0, 0.1) is 12.8 Å². The normalized spacial score (nSPS) is 22.7. The Morgan fingerprint density at radius 3 is 2.38 bits per heavy atom. The van der Waals surface area contributed by atoms with Crippen LogP contribution in [0.25, 0.3) is 0 Å². The lowest BCUT2D eigenvalue weighted by atomic mass is 9.96. The average molecular weight is 384 g/mol. The lowest BCUT2D eigenvalue weighted by molar-refractivity contribution is -0.150. The Kier molecular flexibility index (Phi) is 5.07. The van der Waals surface area contributed by atoms with Crippen LogP contribution in [0.2, 0.25) is 0 Å². The topological polar surface area (TPSA) is 113 Å². The fourth-order valence-electron chi connectivity index (χ4n) is 3.65. The maximum absolute atomic E-state index is 12.7. The highest BCUT2D eigenvalue weighted by Gasteiger charge is 2.39. The van der Waals surface area contributed by atoms with Crippen molar-refractivity contribution >= 4 is 21.9 Å². The second-order valence-electron chi connectivity index (χ2n) is 6.94. The zero-order chi connectivity index (χ0) is 19.1. The van der Waals surface area contributed by atoms with Crippen molar-refractivity contribution in [1.82, 2.24) is 18.8 Å². The molecule has 1 aromatic heterocycles. The van der Waals surface area contributed by atoms with E-state index in [1.807, 2.05) is 0 Å². The number of rotatable bonds is 4. The highest BCUT2D eigenvalue weighted by Crippen LogP contribution is 2.27.